The van der Waals surface area contributed by atoms with E-state index in [1.54, 1.807) is 6.20 Å². The first kappa shape index (κ1) is 14.9. The molecule has 0 fully saturated rings. The number of carboxylic acid groups (broad SMARTS) is 1. The Labute approximate surface area is 134 Å². The maximum absolute atomic E-state index is 11.0. The lowest BCUT2D eigenvalue weighted by Crippen LogP contribution is -2.26. The predicted octanol–water partition coefficient (Wildman–Crippen LogP) is 4.44. The van der Waals surface area contributed by atoms with Crippen molar-refractivity contribution in [3.63, 3.8) is 0 Å². The van der Waals surface area contributed by atoms with Crippen LogP contribution in [0.5, 0.6) is 0 Å². The number of carbonyl (C=O) groups is 1. The average Bonchev–Trinajstić information content (AvgIpc) is 2.69. The summed E-state index contributed by atoms with van der Waals surface area (Å²) in [4.78, 5) is 15.0. The van der Waals surface area contributed by atoms with E-state index in [0.29, 0.717) is 5.15 Å². The average molecular weight is 317 g/mol. The highest BCUT2D eigenvalue weighted by atomic mass is 35.5. The van der Waals surface area contributed by atoms with Crippen LogP contribution in [0, 0.1) is 0 Å². The van der Waals surface area contributed by atoms with Crippen LogP contribution < -0.4 is 5.32 Å². The number of rotatable bonds is 2. The van der Waals surface area contributed by atoms with E-state index in [1.165, 1.54) is 5.56 Å². The fourth-order valence-electron chi connectivity index (χ4n) is 3.04. The molecule has 2 aromatic rings. The van der Waals surface area contributed by atoms with Gasteiger partial charge in [-0.05, 0) is 53.6 Å². The molecular formula is C17H17ClN2O2. The second-order valence-corrected chi connectivity index (χ2v) is 5.92. The first-order valence-corrected chi connectivity index (χ1v) is 7.75. The normalized spacial score (nSPS) is 17.4. The van der Waals surface area contributed by atoms with E-state index in [0.717, 1.165) is 42.4 Å². The van der Waals surface area contributed by atoms with E-state index in [4.69, 9.17) is 16.7 Å². The van der Waals surface area contributed by atoms with Crippen LogP contribution in [0.1, 0.15) is 36.4 Å². The van der Waals surface area contributed by atoms with Gasteiger partial charge in [-0.3, -0.25) is 0 Å². The molecule has 1 aromatic carbocycles. The number of halogens is 1. The van der Waals surface area contributed by atoms with Gasteiger partial charge in [0.15, 0.2) is 0 Å². The molecule has 0 aliphatic heterocycles. The number of hydrogen-bond acceptors (Lipinski definition) is 2. The van der Waals surface area contributed by atoms with Gasteiger partial charge in [0.2, 0.25) is 0 Å². The van der Waals surface area contributed by atoms with Gasteiger partial charge in [-0.2, -0.15) is 0 Å². The summed E-state index contributed by atoms with van der Waals surface area (Å²) in [5.41, 5.74) is 4.40. The fraction of sp³-hybridized carbons (Fsp3) is 0.294. The summed E-state index contributed by atoms with van der Waals surface area (Å²) in [6.07, 6.45) is 4.64. The summed E-state index contributed by atoms with van der Waals surface area (Å²) < 4.78 is 0. The quantitative estimate of drug-likeness (QED) is 0.636. The molecule has 22 heavy (non-hydrogen) atoms. The van der Waals surface area contributed by atoms with Gasteiger partial charge in [0, 0.05) is 6.20 Å². The first-order valence-electron chi connectivity index (χ1n) is 7.38. The van der Waals surface area contributed by atoms with Gasteiger partial charge >= 0.3 is 6.09 Å². The molecule has 0 unspecified atom stereocenters. The predicted molar refractivity (Wildman–Crippen MR) is 86.1 cm³/mol. The zero-order valence-corrected chi connectivity index (χ0v) is 12.8. The Morgan fingerprint density at radius 2 is 2.05 bits per heavy atom. The molecule has 1 aromatic heterocycles. The van der Waals surface area contributed by atoms with Gasteiger partial charge in [-0.15, -0.1) is 0 Å². The third-order valence-electron chi connectivity index (χ3n) is 4.06. The molecule has 5 heteroatoms. The summed E-state index contributed by atoms with van der Waals surface area (Å²) >= 11 is 5.96. The summed E-state index contributed by atoms with van der Waals surface area (Å²) in [6.45, 7) is 0. The van der Waals surface area contributed by atoms with Crippen LogP contribution in [-0.4, -0.2) is 16.2 Å². The van der Waals surface area contributed by atoms with Crippen molar-refractivity contribution in [1.82, 2.24) is 10.3 Å². The molecule has 3 rings (SSSR count). The number of aryl methyl sites for hydroxylation is 1. The topological polar surface area (TPSA) is 62.2 Å². The SMILES string of the molecule is O=C(O)N[C@@H]1CCCCc2cc(-c3ccnc(Cl)c3)ccc21. The number of pyridine rings is 1. The molecular weight excluding hydrogens is 300 g/mol. The van der Waals surface area contributed by atoms with Crippen molar-refractivity contribution in [2.24, 2.45) is 0 Å². The second-order valence-electron chi connectivity index (χ2n) is 5.53. The molecule has 1 aliphatic carbocycles. The minimum atomic E-state index is -0.970. The van der Waals surface area contributed by atoms with Gasteiger partial charge in [0.05, 0.1) is 6.04 Å². The molecule has 1 aliphatic rings. The van der Waals surface area contributed by atoms with Crippen LogP contribution in [0.2, 0.25) is 5.15 Å². The van der Waals surface area contributed by atoms with E-state index in [1.807, 2.05) is 24.3 Å². The van der Waals surface area contributed by atoms with Gasteiger partial charge in [0.1, 0.15) is 5.15 Å². The summed E-state index contributed by atoms with van der Waals surface area (Å²) in [5.74, 6) is 0. The number of benzene rings is 1. The largest absolute Gasteiger partial charge is 0.465 e. The van der Waals surface area contributed by atoms with Crippen LogP contribution in [0.25, 0.3) is 11.1 Å². The zero-order chi connectivity index (χ0) is 15.5. The maximum atomic E-state index is 11.0. The summed E-state index contributed by atoms with van der Waals surface area (Å²) in [6, 6.07) is 9.84. The third-order valence-corrected chi connectivity index (χ3v) is 4.27. The number of amides is 1. The lowest BCUT2D eigenvalue weighted by atomic mass is 9.94. The molecule has 0 saturated heterocycles. The first-order chi connectivity index (χ1) is 10.6. The smallest absolute Gasteiger partial charge is 0.405 e. The van der Waals surface area contributed by atoms with E-state index in [-0.39, 0.29) is 6.04 Å². The Balaban J connectivity index is 1.98. The molecule has 1 amide bonds. The van der Waals surface area contributed by atoms with Crippen LogP contribution in [0.4, 0.5) is 4.79 Å². The third kappa shape index (κ3) is 3.22. The molecule has 0 radical (unpaired) electrons. The van der Waals surface area contributed by atoms with E-state index in [2.05, 4.69) is 16.4 Å². The van der Waals surface area contributed by atoms with Gasteiger partial charge in [-0.1, -0.05) is 36.2 Å². The number of aromatic nitrogens is 1. The highest BCUT2D eigenvalue weighted by Gasteiger charge is 2.20. The lowest BCUT2D eigenvalue weighted by Gasteiger charge is -2.18. The zero-order valence-electron chi connectivity index (χ0n) is 12.1. The highest BCUT2D eigenvalue weighted by molar-refractivity contribution is 6.29. The van der Waals surface area contributed by atoms with Crippen molar-refractivity contribution in [3.8, 4) is 11.1 Å². The van der Waals surface area contributed by atoms with Crippen molar-refractivity contribution in [2.45, 2.75) is 31.7 Å². The van der Waals surface area contributed by atoms with Gasteiger partial charge in [0.25, 0.3) is 0 Å². The van der Waals surface area contributed by atoms with Crippen molar-refractivity contribution in [1.29, 1.82) is 0 Å². The van der Waals surface area contributed by atoms with Crippen molar-refractivity contribution in [3.05, 3.63) is 52.8 Å². The van der Waals surface area contributed by atoms with Gasteiger partial charge < -0.3 is 10.4 Å². The van der Waals surface area contributed by atoms with Crippen molar-refractivity contribution < 1.29 is 9.90 Å². The standard InChI is InChI=1S/C17H17ClN2O2/c18-16-10-12(7-8-19-16)11-5-6-14-13(9-11)3-1-2-4-15(14)20-17(21)22/h5-10,15,20H,1-4H2,(H,21,22)/t15-/m1/s1. The fourth-order valence-corrected chi connectivity index (χ4v) is 3.22. The van der Waals surface area contributed by atoms with Crippen molar-refractivity contribution >= 4 is 17.7 Å². The Morgan fingerprint density at radius 3 is 2.82 bits per heavy atom. The van der Waals surface area contributed by atoms with E-state index in [9.17, 15) is 4.79 Å². The Morgan fingerprint density at radius 1 is 1.23 bits per heavy atom. The lowest BCUT2D eigenvalue weighted by molar-refractivity contribution is 0.189. The molecule has 114 valence electrons. The Hall–Kier alpha value is -2.07. The van der Waals surface area contributed by atoms with E-state index >= 15 is 0 Å². The van der Waals surface area contributed by atoms with Crippen LogP contribution in [0.3, 0.4) is 0 Å². The number of hydrogen-bond donors (Lipinski definition) is 2. The molecule has 1 atom stereocenters. The molecule has 0 saturated carbocycles. The Bertz CT molecular complexity index is 703. The molecule has 0 spiro atoms. The maximum Gasteiger partial charge on any atom is 0.405 e. The molecule has 0 bridgehead atoms. The van der Waals surface area contributed by atoms with Crippen LogP contribution in [0.15, 0.2) is 36.5 Å². The monoisotopic (exact) mass is 316 g/mol. The number of nitrogens with zero attached hydrogens (tertiary/aromatic N) is 1. The minimum Gasteiger partial charge on any atom is -0.465 e. The number of fused-ring (bicyclic) bond motifs is 1. The molecule has 2 N–H and O–H groups in total. The minimum absolute atomic E-state index is 0.120. The van der Waals surface area contributed by atoms with Crippen LogP contribution in [-0.2, 0) is 6.42 Å². The summed E-state index contributed by atoms with van der Waals surface area (Å²) in [7, 11) is 0. The van der Waals surface area contributed by atoms with Crippen molar-refractivity contribution in [2.75, 3.05) is 0 Å². The second kappa shape index (κ2) is 6.36. The highest BCUT2D eigenvalue weighted by Crippen LogP contribution is 2.32. The summed E-state index contributed by atoms with van der Waals surface area (Å²) in [5, 5.41) is 12.1. The Kier molecular flexibility index (Phi) is 4.29. The molecule has 1 heterocycles. The van der Waals surface area contributed by atoms with E-state index < -0.39 is 6.09 Å². The number of nitrogens with one attached hydrogen (secondary N) is 1. The van der Waals surface area contributed by atoms with Crippen LogP contribution >= 0.6 is 11.6 Å². The molecule has 4 nitrogen and oxygen atoms in total. The van der Waals surface area contributed by atoms with Gasteiger partial charge in [-0.25, -0.2) is 9.78 Å².